The molecule has 0 radical (unpaired) electrons. The van der Waals surface area contributed by atoms with E-state index in [1.165, 1.54) is 6.07 Å². The second-order valence-corrected chi connectivity index (χ2v) is 5.71. The number of aryl methyl sites for hydroxylation is 1. The number of hydrogen-bond donors (Lipinski definition) is 0. The first-order chi connectivity index (χ1) is 8.97. The van der Waals surface area contributed by atoms with Gasteiger partial charge in [-0.1, -0.05) is 31.9 Å². The van der Waals surface area contributed by atoms with Crippen molar-refractivity contribution in [3.8, 4) is 11.5 Å². The molecule has 6 heteroatoms. The number of halogens is 2. The van der Waals surface area contributed by atoms with Crippen molar-refractivity contribution in [3.63, 3.8) is 0 Å². The molecule has 0 heterocycles. The highest BCUT2D eigenvalue weighted by Crippen LogP contribution is 2.35. The Morgan fingerprint density at radius 3 is 2.21 bits per heavy atom. The Bertz CT molecular complexity index is 644. The van der Waals surface area contributed by atoms with E-state index in [0.717, 1.165) is 10.0 Å². The summed E-state index contributed by atoms with van der Waals surface area (Å²) in [5.74, 6) is 0.812. The average Bonchev–Trinajstić information content (AvgIpc) is 2.34. The van der Waals surface area contributed by atoms with Crippen LogP contribution in [0.1, 0.15) is 5.56 Å². The fourth-order valence-electron chi connectivity index (χ4n) is 1.57. The van der Waals surface area contributed by atoms with Crippen LogP contribution in [0.5, 0.6) is 11.5 Å². The van der Waals surface area contributed by atoms with Crippen molar-refractivity contribution >= 4 is 37.5 Å². The molecule has 0 saturated carbocycles. The average molecular weight is 387 g/mol. The Kier molecular flexibility index (Phi) is 4.21. The maximum atomic E-state index is 11.0. The van der Waals surface area contributed by atoms with Crippen LogP contribution < -0.4 is 4.74 Å². The molecule has 0 aliphatic rings. The van der Waals surface area contributed by atoms with Crippen LogP contribution in [-0.4, -0.2) is 4.92 Å². The van der Waals surface area contributed by atoms with Gasteiger partial charge in [0.2, 0.25) is 5.75 Å². The van der Waals surface area contributed by atoms with Crippen LogP contribution in [0.3, 0.4) is 0 Å². The summed E-state index contributed by atoms with van der Waals surface area (Å²) < 4.78 is 7.20. The van der Waals surface area contributed by atoms with Gasteiger partial charge in [-0.25, -0.2) is 0 Å². The first-order valence-corrected chi connectivity index (χ1v) is 6.94. The fourth-order valence-corrected chi connectivity index (χ4v) is 2.39. The molecule has 2 aromatic carbocycles. The van der Waals surface area contributed by atoms with Crippen molar-refractivity contribution in [2.24, 2.45) is 0 Å². The molecule has 0 atom stereocenters. The van der Waals surface area contributed by atoms with E-state index >= 15 is 0 Å². The molecule has 0 aliphatic heterocycles. The van der Waals surface area contributed by atoms with Gasteiger partial charge in [0, 0.05) is 15.0 Å². The predicted octanol–water partition coefficient (Wildman–Crippen LogP) is 5.22. The molecule has 0 saturated heterocycles. The van der Waals surface area contributed by atoms with Crippen molar-refractivity contribution in [2.45, 2.75) is 6.92 Å². The summed E-state index contributed by atoms with van der Waals surface area (Å²) in [5.41, 5.74) is 0.822. The van der Waals surface area contributed by atoms with Crippen LogP contribution in [-0.2, 0) is 0 Å². The largest absolute Gasteiger partial charge is 0.450 e. The lowest BCUT2D eigenvalue weighted by atomic mass is 10.2. The van der Waals surface area contributed by atoms with Gasteiger partial charge >= 0.3 is 5.69 Å². The van der Waals surface area contributed by atoms with Gasteiger partial charge in [-0.05, 0) is 42.8 Å². The van der Waals surface area contributed by atoms with E-state index in [4.69, 9.17) is 4.74 Å². The fraction of sp³-hybridized carbons (Fsp3) is 0.0769. The molecule has 0 aromatic heterocycles. The van der Waals surface area contributed by atoms with Crippen LogP contribution in [0.4, 0.5) is 5.69 Å². The Balaban J connectivity index is 2.40. The van der Waals surface area contributed by atoms with Gasteiger partial charge in [-0.3, -0.25) is 10.1 Å². The van der Waals surface area contributed by atoms with Gasteiger partial charge < -0.3 is 4.74 Å². The van der Waals surface area contributed by atoms with Crippen LogP contribution >= 0.6 is 31.9 Å². The molecule has 0 bridgehead atoms. The SMILES string of the molecule is Cc1cc(Br)ccc1Oc1ccc(Br)cc1[N+](=O)[O-]. The van der Waals surface area contributed by atoms with Crippen molar-refractivity contribution in [1.82, 2.24) is 0 Å². The zero-order valence-corrected chi connectivity index (χ0v) is 13.1. The number of ether oxygens (including phenoxy) is 1. The van der Waals surface area contributed by atoms with E-state index in [-0.39, 0.29) is 11.4 Å². The van der Waals surface area contributed by atoms with Gasteiger partial charge in [0.1, 0.15) is 5.75 Å². The molecule has 0 fully saturated rings. The molecule has 0 unspecified atom stereocenters. The molecule has 4 nitrogen and oxygen atoms in total. The van der Waals surface area contributed by atoms with E-state index in [2.05, 4.69) is 31.9 Å². The Morgan fingerprint density at radius 2 is 1.63 bits per heavy atom. The lowest BCUT2D eigenvalue weighted by molar-refractivity contribution is -0.385. The zero-order chi connectivity index (χ0) is 14.0. The summed E-state index contributed by atoms with van der Waals surface area (Å²) in [6.45, 7) is 1.88. The minimum absolute atomic E-state index is 0.0725. The third-order valence-electron chi connectivity index (χ3n) is 2.47. The maximum Gasteiger partial charge on any atom is 0.312 e. The monoisotopic (exact) mass is 385 g/mol. The number of hydrogen-bond acceptors (Lipinski definition) is 3. The van der Waals surface area contributed by atoms with Crippen LogP contribution in [0, 0.1) is 17.0 Å². The first kappa shape index (κ1) is 14.0. The van der Waals surface area contributed by atoms with Gasteiger partial charge in [0.15, 0.2) is 0 Å². The second-order valence-electron chi connectivity index (χ2n) is 3.88. The molecule has 19 heavy (non-hydrogen) atoms. The van der Waals surface area contributed by atoms with Crippen molar-refractivity contribution in [3.05, 3.63) is 61.0 Å². The maximum absolute atomic E-state index is 11.0. The highest BCUT2D eigenvalue weighted by Gasteiger charge is 2.16. The van der Waals surface area contributed by atoms with Gasteiger partial charge in [-0.2, -0.15) is 0 Å². The first-order valence-electron chi connectivity index (χ1n) is 5.35. The van der Waals surface area contributed by atoms with E-state index in [0.29, 0.717) is 10.2 Å². The summed E-state index contributed by atoms with van der Waals surface area (Å²) in [6.07, 6.45) is 0. The van der Waals surface area contributed by atoms with Gasteiger partial charge in [0.25, 0.3) is 0 Å². The molecular weight excluding hydrogens is 378 g/mol. The number of rotatable bonds is 3. The molecule has 0 amide bonds. The minimum Gasteiger partial charge on any atom is -0.450 e. The molecule has 0 spiro atoms. The number of benzene rings is 2. The standard InChI is InChI=1S/C13H9Br2NO3/c1-8-6-9(14)2-4-12(8)19-13-5-3-10(15)7-11(13)16(17)18/h2-7H,1H3. The van der Waals surface area contributed by atoms with E-state index in [9.17, 15) is 10.1 Å². The summed E-state index contributed by atoms with van der Waals surface area (Å²) in [4.78, 5) is 10.5. The quantitative estimate of drug-likeness (QED) is 0.536. The molecule has 0 N–H and O–H groups in total. The highest BCUT2D eigenvalue weighted by atomic mass is 79.9. The Hall–Kier alpha value is -1.40. The van der Waals surface area contributed by atoms with Gasteiger partial charge in [0.05, 0.1) is 4.92 Å². The van der Waals surface area contributed by atoms with Crippen LogP contribution in [0.2, 0.25) is 0 Å². The van der Waals surface area contributed by atoms with Crippen LogP contribution in [0.25, 0.3) is 0 Å². The summed E-state index contributed by atoms with van der Waals surface area (Å²) >= 11 is 6.57. The number of nitro benzene ring substituents is 1. The lowest BCUT2D eigenvalue weighted by Crippen LogP contribution is -1.94. The van der Waals surface area contributed by atoms with E-state index < -0.39 is 4.92 Å². The third-order valence-corrected chi connectivity index (χ3v) is 3.46. The zero-order valence-electron chi connectivity index (χ0n) is 9.89. The Labute approximate surface area is 126 Å². The van der Waals surface area contributed by atoms with Crippen molar-refractivity contribution in [1.29, 1.82) is 0 Å². The highest BCUT2D eigenvalue weighted by molar-refractivity contribution is 9.10. The lowest BCUT2D eigenvalue weighted by Gasteiger charge is -2.09. The number of nitro groups is 1. The molecule has 2 aromatic rings. The molecular formula is C13H9Br2NO3. The minimum atomic E-state index is -0.464. The van der Waals surface area contributed by atoms with E-state index in [1.54, 1.807) is 18.2 Å². The molecule has 0 aliphatic carbocycles. The molecule has 2 rings (SSSR count). The van der Waals surface area contributed by atoms with Crippen molar-refractivity contribution < 1.29 is 9.66 Å². The smallest absolute Gasteiger partial charge is 0.312 e. The Morgan fingerprint density at radius 1 is 1.05 bits per heavy atom. The van der Waals surface area contributed by atoms with Crippen molar-refractivity contribution in [2.75, 3.05) is 0 Å². The normalized spacial score (nSPS) is 10.3. The van der Waals surface area contributed by atoms with Crippen LogP contribution in [0.15, 0.2) is 45.3 Å². The molecule has 98 valence electrons. The second kappa shape index (κ2) is 5.71. The van der Waals surface area contributed by atoms with E-state index in [1.807, 2.05) is 19.1 Å². The predicted molar refractivity (Wildman–Crippen MR) is 79.7 cm³/mol. The summed E-state index contributed by atoms with van der Waals surface area (Å²) in [6, 6.07) is 10.2. The topological polar surface area (TPSA) is 52.4 Å². The number of nitrogens with zero attached hydrogens (tertiary/aromatic N) is 1. The summed E-state index contributed by atoms with van der Waals surface area (Å²) in [7, 11) is 0. The third kappa shape index (κ3) is 3.33. The summed E-state index contributed by atoms with van der Waals surface area (Å²) in [5, 5.41) is 11.0. The van der Waals surface area contributed by atoms with Gasteiger partial charge in [-0.15, -0.1) is 0 Å².